The van der Waals surface area contributed by atoms with Crippen LogP contribution in [0.2, 0.25) is 0 Å². The van der Waals surface area contributed by atoms with Crippen molar-refractivity contribution in [1.29, 1.82) is 0 Å². The monoisotopic (exact) mass is 647 g/mol. The maximum absolute atomic E-state index is 13.7. The van der Waals surface area contributed by atoms with Crippen LogP contribution in [0, 0.1) is 5.92 Å². The average Bonchev–Trinajstić information content (AvgIpc) is 2.95. The smallest absolute Gasteiger partial charge is 0.251 e. The van der Waals surface area contributed by atoms with Gasteiger partial charge in [-0.25, -0.2) is 8.42 Å². The van der Waals surface area contributed by atoms with Crippen molar-refractivity contribution in [3.05, 3.63) is 100 Å². The van der Waals surface area contributed by atoms with Gasteiger partial charge in [-0.2, -0.15) is 0 Å². The van der Waals surface area contributed by atoms with Crippen LogP contribution in [0.5, 0.6) is 5.75 Å². The number of oxime groups is 1. The van der Waals surface area contributed by atoms with E-state index in [9.17, 15) is 8.42 Å². The van der Waals surface area contributed by atoms with Crippen LogP contribution in [0.25, 0.3) is 10.8 Å². The molecule has 9 heteroatoms. The van der Waals surface area contributed by atoms with Gasteiger partial charge in [0.25, 0.3) is 5.90 Å². The van der Waals surface area contributed by atoms with Crippen molar-refractivity contribution in [2.75, 3.05) is 20.1 Å². The summed E-state index contributed by atoms with van der Waals surface area (Å²) in [6.45, 7) is 9.15. The Morgan fingerprint density at radius 2 is 1.74 bits per heavy atom. The van der Waals surface area contributed by atoms with Gasteiger partial charge in [0.2, 0.25) is 9.84 Å². The summed E-state index contributed by atoms with van der Waals surface area (Å²) in [6.07, 6.45) is 1.45. The molecule has 1 heterocycles. The molecule has 1 fully saturated rings. The minimum Gasteiger partial charge on any atom is -0.490 e. The van der Waals surface area contributed by atoms with E-state index < -0.39 is 9.84 Å². The van der Waals surface area contributed by atoms with Gasteiger partial charge in [0.15, 0.2) is 0 Å². The lowest BCUT2D eigenvalue weighted by Gasteiger charge is -2.37. The normalized spacial score (nSPS) is 15.0. The largest absolute Gasteiger partial charge is 0.490 e. The average molecular weight is 649 g/mol. The molecule has 0 radical (unpaired) electrons. The number of hydrogen-bond acceptors (Lipinski definition) is 7. The number of nitrogens with zero attached hydrogens (tertiary/aromatic N) is 3. The third kappa shape index (κ3) is 6.59. The van der Waals surface area contributed by atoms with E-state index in [0.29, 0.717) is 5.56 Å². The van der Waals surface area contributed by atoms with Crippen LogP contribution in [-0.4, -0.2) is 51.7 Å². The number of likely N-dealkylation sites (tertiary alicyclic amines) is 1. The summed E-state index contributed by atoms with van der Waals surface area (Å²) < 4.78 is 34.0. The Labute approximate surface area is 255 Å². The summed E-state index contributed by atoms with van der Waals surface area (Å²) >= 11 is 3.36. The minimum absolute atomic E-state index is 0.0305. The Bertz CT molecular complexity index is 1750. The van der Waals surface area contributed by atoms with E-state index in [1.807, 2.05) is 19.9 Å². The fourth-order valence-corrected chi connectivity index (χ4v) is 6.81. The zero-order valence-electron chi connectivity index (χ0n) is 24.1. The second kappa shape index (κ2) is 12.8. The number of ether oxygens (including phenoxy) is 1. The second-order valence-electron chi connectivity index (χ2n) is 10.8. The van der Waals surface area contributed by atoms with Gasteiger partial charge in [-0.1, -0.05) is 64.4 Å². The lowest BCUT2D eigenvalue weighted by atomic mass is 9.97. The molecule has 0 atom stereocenters. The van der Waals surface area contributed by atoms with E-state index in [0.717, 1.165) is 41.0 Å². The molecule has 5 rings (SSSR count). The number of rotatable bonds is 9. The van der Waals surface area contributed by atoms with Crippen molar-refractivity contribution < 1.29 is 18.0 Å². The van der Waals surface area contributed by atoms with Gasteiger partial charge < -0.3 is 9.57 Å². The summed E-state index contributed by atoms with van der Waals surface area (Å²) in [4.78, 5) is 12.6. The predicted octanol–water partition coefficient (Wildman–Crippen LogP) is 7.10. The van der Waals surface area contributed by atoms with Crippen molar-refractivity contribution in [1.82, 2.24) is 4.90 Å². The molecule has 218 valence electrons. The number of halogens is 1. The van der Waals surface area contributed by atoms with Gasteiger partial charge in [-0.3, -0.25) is 9.89 Å². The van der Waals surface area contributed by atoms with E-state index in [-0.39, 0.29) is 27.5 Å². The molecule has 0 unspecified atom stereocenters. The lowest BCUT2D eigenvalue weighted by molar-refractivity contribution is 0.105. The first-order chi connectivity index (χ1) is 20.2. The molecule has 1 aliphatic rings. The summed E-state index contributed by atoms with van der Waals surface area (Å²) in [5.74, 6) is 1.20. The van der Waals surface area contributed by atoms with Crippen LogP contribution in [-0.2, 0) is 21.2 Å². The van der Waals surface area contributed by atoms with Crippen molar-refractivity contribution in [3.63, 3.8) is 0 Å². The quantitative estimate of drug-likeness (QED) is 0.110. The Morgan fingerprint density at radius 1 is 1.02 bits per heavy atom. The Hall–Kier alpha value is -3.53. The maximum atomic E-state index is 13.7. The van der Waals surface area contributed by atoms with E-state index in [1.54, 1.807) is 49.7 Å². The first-order valence-electron chi connectivity index (χ1n) is 13.9. The Kier molecular flexibility index (Phi) is 9.11. The predicted molar refractivity (Wildman–Crippen MR) is 171 cm³/mol. The zero-order valence-corrected chi connectivity index (χ0v) is 26.5. The number of sulfone groups is 1. The minimum atomic E-state index is -3.90. The highest BCUT2D eigenvalue weighted by molar-refractivity contribution is 9.10. The first-order valence-corrected chi connectivity index (χ1v) is 16.1. The van der Waals surface area contributed by atoms with Crippen LogP contribution < -0.4 is 4.74 Å². The SMILES string of the molecule is C/N=C(\O/N=C/c1ccc(CN2CC(C)C2)c2ccccc12)c1ccc(OC(C)C)c(S(=O)(=O)c2ccc(Br)cc2)c1. The summed E-state index contributed by atoms with van der Waals surface area (Å²) in [5, 5.41) is 6.52. The Balaban J connectivity index is 1.42. The fraction of sp³-hybridized carbons (Fsp3) is 0.273. The van der Waals surface area contributed by atoms with Crippen LogP contribution >= 0.6 is 15.9 Å². The number of fused-ring (bicyclic) bond motifs is 1. The van der Waals surface area contributed by atoms with Gasteiger partial charge in [0, 0.05) is 42.3 Å². The molecule has 0 spiro atoms. The van der Waals surface area contributed by atoms with E-state index in [4.69, 9.17) is 9.57 Å². The third-order valence-corrected chi connectivity index (χ3v) is 9.40. The van der Waals surface area contributed by atoms with Crippen molar-refractivity contribution in [3.8, 4) is 5.75 Å². The van der Waals surface area contributed by atoms with Gasteiger partial charge in [-0.15, -0.1) is 0 Å². The maximum Gasteiger partial charge on any atom is 0.251 e. The first kappa shape index (κ1) is 29.9. The van der Waals surface area contributed by atoms with Crippen LogP contribution in [0.1, 0.15) is 37.5 Å². The molecule has 4 aromatic rings. The molecule has 4 aromatic carbocycles. The molecule has 0 bridgehead atoms. The van der Waals surface area contributed by atoms with Gasteiger partial charge in [0.1, 0.15) is 10.6 Å². The number of benzene rings is 4. The highest BCUT2D eigenvalue weighted by Gasteiger charge is 2.25. The molecule has 1 aliphatic heterocycles. The van der Waals surface area contributed by atoms with Gasteiger partial charge in [-0.05, 0) is 78.6 Å². The number of hydrogen-bond donors (Lipinski definition) is 0. The number of aliphatic imine (C=N–C) groups is 1. The van der Waals surface area contributed by atoms with Crippen molar-refractivity contribution >= 4 is 48.7 Å². The molecule has 0 aliphatic carbocycles. The summed E-state index contributed by atoms with van der Waals surface area (Å²) in [6, 6.07) is 23.9. The third-order valence-electron chi connectivity index (χ3n) is 7.08. The lowest BCUT2D eigenvalue weighted by Crippen LogP contribution is -2.44. The van der Waals surface area contributed by atoms with E-state index in [2.05, 4.69) is 68.2 Å². The molecule has 42 heavy (non-hydrogen) atoms. The summed E-state index contributed by atoms with van der Waals surface area (Å²) in [5.41, 5.74) is 2.67. The van der Waals surface area contributed by atoms with Crippen LogP contribution in [0.15, 0.2) is 103 Å². The van der Waals surface area contributed by atoms with E-state index >= 15 is 0 Å². The zero-order chi connectivity index (χ0) is 29.9. The molecule has 7 nitrogen and oxygen atoms in total. The van der Waals surface area contributed by atoms with E-state index in [1.165, 1.54) is 17.0 Å². The van der Waals surface area contributed by atoms with Crippen LogP contribution in [0.3, 0.4) is 0 Å². The van der Waals surface area contributed by atoms with Crippen molar-refractivity contribution in [2.45, 2.75) is 43.2 Å². The highest BCUT2D eigenvalue weighted by Crippen LogP contribution is 2.32. The van der Waals surface area contributed by atoms with Crippen molar-refractivity contribution in [2.24, 2.45) is 16.1 Å². The molecule has 1 saturated heterocycles. The summed E-state index contributed by atoms with van der Waals surface area (Å²) in [7, 11) is -2.32. The Morgan fingerprint density at radius 3 is 2.40 bits per heavy atom. The topological polar surface area (TPSA) is 80.6 Å². The molecule has 0 saturated carbocycles. The molecular weight excluding hydrogens is 614 g/mol. The van der Waals surface area contributed by atoms with Crippen LogP contribution in [0.4, 0.5) is 0 Å². The highest BCUT2D eigenvalue weighted by atomic mass is 79.9. The molecule has 0 aromatic heterocycles. The second-order valence-corrected chi connectivity index (χ2v) is 13.6. The van der Waals surface area contributed by atoms with Gasteiger partial charge >= 0.3 is 0 Å². The standard InChI is InChI=1S/C33H34BrN3O4S/c1-22(2)40-31-16-11-24(17-32(31)42(38,39)28-14-12-27(34)13-15-28)33(35-4)41-36-18-25-9-10-26(21-37-19-23(3)20-37)30-8-6-5-7-29(25)30/h5-18,22-23H,19-21H2,1-4H3/b35-33-,36-18+. The fourth-order valence-electron chi connectivity index (χ4n) is 5.13. The molecular formula is C33H34BrN3O4S. The van der Waals surface area contributed by atoms with Gasteiger partial charge in [0.05, 0.1) is 17.2 Å². The molecule has 0 amide bonds. The molecule has 0 N–H and O–H groups in total.